The summed E-state index contributed by atoms with van der Waals surface area (Å²) in [5, 5.41) is 8.60. The Hall–Kier alpha value is -2.66. The third kappa shape index (κ3) is 6.62. The summed E-state index contributed by atoms with van der Waals surface area (Å²) in [6, 6.07) is 5.90. The maximum absolute atomic E-state index is 12.8. The SMILES string of the molecule is Cn1ncc2ccc(C(=O)NC3CCC(CCN4CCc5nc(OCC(F)(F)F)sc5CC4)CC3)cc21. The van der Waals surface area contributed by atoms with Crippen LogP contribution in [0.5, 0.6) is 5.19 Å². The number of carbonyl (C=O) groups is 1. The summed E-state index contributed by atoms with van der Waals surface area (Å²) in [4.78, 5) is 20.6. The van der Waals surface area contributed by atoms with E-state index in [1.165, 1.54) is 11.3 Å². The molecular weight excluding hydrogens is 503 g/mol. The van der Waals surface area contributed by atoms with Crippen LogP contribution < -0.4 is 10.1 Å². The molecule has 3 heterocycles. The molecule has 0 radical (unpaired) electrons. The normalized spacial score (nSPS) is 21.0. The van der Waals surface area contributed by atoms with Crippen LogP contribution in [-0.2, 0) is 19.9 Å². The molecule has 0 saturated heterocycles. The highest BCUT2D eigenvalue weighted by Crippen LogP contribution is 2.31. The number of hydrogen-bond acceptors (Lipinski definition) is 6. The number of amides is 1. The minimum absolute atomic E-state index is 0.0239. The van der Waals surface area contributed by atoms with E-state index in [0.29, 0.717) is 11.5 Å². The fourth-order valence-electron chi connectivity index (χ4n) is 5.33. The highest BCUT2D eigenvalue weighted by atomic mass is 32.1. The number of alkyl halides is 3. The van der Waals surface area contributed by atoms with E-state index in [9.17, 15) is 18.0 Å². The van der Waals surface area contributed by atoms with Crippen molar-refractivity contribution in [3.8, 4) is 5.19 Å². The van der Waals surface area contributed by atoms with Crippen LogP contribution in [0.2, 0.25) is 0 Å². The summed E-state index contributed by atoms with van der Waals surface area (Å²) in [7, 11) is 1.88. The van der Waals surface area contributed by atoms with Crippen molar-refractivity contribution in [2.24, 2.45) is 13.0 Å². The Kier molecular flexibility index (Phi) is 7.71. The van der Waals surface area contributed by atoms with Gasteiger partial charge in [-0.3, -0.25) is 9.48 Å². The Morgan fingerprint density at radius 3 is 2.76 bits per heavy atom. The van der Waals surface area contributed by atoms with Gasteiger partial charge in [-0.1, -0.05) is 17.4 Å². The third-order valence-electron chi connectivity index (χ3n) is 7.48. The zero-order chi connectivity index (χ0) is 26.0. The smallest absolute Gasteiger partial charge is 0.422 e. The number of rotatable bonds is 7. The minimum Gasteiger partial charge on any atom is -0.460 e. The quantitative estimate of drug-likeness (QED) is 0.473. The van der Waals surface area contributed by atoms with E-state index < -0.39 is 12.8 Å². The second-order valence-corrected chi connectivity index (χ2v) is 11.2. The lowest BCUT2D eigenvalue weighted by Gasteiger charge is -2.30. The number of aryl methyl sites for hydroxylation is 1. The molecule has 1 N–H and O–H groups in total. The summed E-state index contributed by atoms with van der Waals surface area (Å²) < 4.78 is 43.8. The van der Waals surface area contributed by atoms with Crippen LogP contribution in [0, 0.1) is 5.92 Å². The second kappa shape index (κ2) is 11.0. The van der Waals surface area contributed by atoms with Gasteiger partial charge in [0.05, 0.1) is 17.4 Å². The van der Waals surface area contributed by atoms with Gasteiger partial charge in [-0.25, -0.2) is 4.98 Å². The van der Waals surface area contributed by atoms with E-state index in [1.54, 1.807) is 10.9 Å². The number of benzene rings is 1. The maximum atomic E-state index is 12.8. The van der Waals surface area contributed by atoms with E-state index in [4.69, 9.17) is 4.74 Å². The molecule has 1 aliphatic heterocycles. The van der Waals surface area contributed by atoms with Crippen molar-refractivity contribution in [1.82, 2.24) is 25.0 Å². The molecular formula is C26H32F3N5O2S. The zero-order valence-corrected chi connectivity index (χ0v) is 21.7. The molecule has 7 nitrogen and oxygen atoms in total. The molecule has 0 bridgehead atoms. The molecule has 200 valence electrons. The molecule has 0 spiro atoms. The van der Waals surface area contributed by atoms with E-state index in [-0.39, 0.29) is 17.1 Å². The highest BCUT2D eigenvalue weighted by Gasteiger charge is 2.30. The van der Waals surface area contributed by atoms with Gasteiger partial charge in [0.15, 0.2) is 6.61 Å². The Morgan fingerprint density at radius 1 is 1.19 bits per heavy atom. The first kappa shape index (κ1) is 26.0. The Labute approximate surface area is 218 Å². The van der Waals surface area contributed by atoms with Crippen molar-refractivity contribution in [3.63, 3.8) is 0 Å². The van der Waals surface area contributed by atoms with Gasteiger partial charge >= 0.3 is 6.18 Å². The average Bonchev–Trinajstić information content (AvgIpc) is 3.39. The standard InChI is InChI=1S/C26H32F3N5O2S/c1-33-22-14-18(4-5-19(22)15-30-33)24(35)31-20-6-2-17(3-7-20)8-11-34-12-9-21-23(10-13-34)37-25(32-21)36-16-26(27,28)29/h4-5,14-15,17,20H,2-3,6-13,16H2,1H3,(H,31,35). The average molecular weight is 536 g/mol. The van der Waals surface area contributed by atoms with Gasteiger partial charge in [0.2, 0.25) is 0 Å². The first-order chi connectivity index (χ1) is 17.7. The number of carbonyl (C=O) groups excluding carboxylic acids is 1. The van der Waals surface area contributed by atoms with Crippen molar-refractivity contribution in [1.29, 1.82) is 0 Å². The molecule has 5 rings (SSSR count). The zero-order valence-electron chi connectivity index (χ0n) is 20.9. The second-order valence-electron chi connectivity index (χ2n) is 10.1. The highest BCUT2D eigenvalue weighted by molar-refractivity contribution is 7.13. The van der Waals surface area contributed by atoms with Gasteiger partial charge in [0.1, 0.15) is 0 Å². The number of ether oxygens (including phenoxy) is 1. The van der Waals surface area contributed by atoms with Crippen molar-refractivity contribution < 1.29 is 22.7 Å². The fourth-order valence-corrected chi connectivity index (χ4v) is 6.27. The fraction of sp³-hybridized carbons (Fsp3) is 0.577. The number of hydrogen-bond donors (Lipinski definition) is 1. The first-order valence-corrected chi connectivity index (χ1v) is 13.7. The molecule has 3 aromatic rings. The number of halogens is 3. The predicted octanol–water partition coefficient (Wildman–Crippen LogP) is 4.75. The summed E-state index contributed by atoms with van der Waals surface area (Å²) in [6.45, 7) is 1.47. The van der Waals surface area contributed by atoms with Gasteiger partial charge in [-0.2, -0.15) is 18.3 Å². The Morgan fingerprint density at radius 2 is 1.97 bits per heavy atom. The molecule has 1 saturated carbocycles. The molecule has 2 aromatic heterocycles. The van der Waals surface area contributed by atoms with Crippen LogP contribution in [0.4, 0.5) is 13.2 Å². The topological polar surface area (TPSA) is 72.3 Å². The van der Waals surface area contributed by atoms with Crippen molar-refractivity contribution in [2.75, 3.05) is 26.2 Å². The number of nitrogens with one attached hydrogen (secondary N) is 1. The lowest BCUT2D eigenvalue weighted by molar-refractivity contribution is -0.153. The number of thiazole rings is 1. The molecule has 1 aromatic carbocycles. The van der Waals surface area contributed by atoms with E-state index >= 15 is 0 Å². The maximum Gasteiger partial charge on any atom is 0.422 e. The molecule has 37 heavy (non-hydrogen) atoms. The lowest BCUT2D eigenvalue weighted by atomic mass is 9.84. The van der Waals surface area contributed by atoms with Gasteiger partial charge in [-0.15, -0.1) is 0 Å². The van der Waals surface area contributed by atoms with Crippen LogP contribution in [0.25, 0.3) is 10.9 Å². The molecule has 1 fully saturated rings. The van der Waals surface area contributed by atoms with Crippen LogP contribution in [0.15, 0.2) is 24.4 Å². The van der Waals surface area contributed by atoms with Gasteiger partial charge < -0.3 is 15.0 Å². The van der Waals surface area contributed by atoms with Crippen LogP contribution in [0.3, 0.4) is 0 Å². The molecule has 0 atom stereocenters. The molecule has 0 unspecified atom stereocenters. The summed E-state index contributed by atoms with van der Waals surface area (Å²) >= 11 is 1.24. The van der Waals surface area contributed by atoms with Gasteiger partial charge in [0.25, 0.3) is 11.1 Å². The number of nitrogens with zero attached hydrogens (tertiary/aromatic N) is 4. The van der Waals surface area contributed by atoms with Crippen LogP contribution in [0.1, 0.15) is 53.0 Å². The minimum atomic E-state index is -4.35. The summed E-state index contributed by atoms with van der Waals surface area (Å²) in [5.74, 6) is 0.626. The summed E-state index contributed by atoms with van der Waals surface area (Å²) in [6.07, 6.45) is 4.31. The monoisotopic (exact) mass is 535 g/mol. The van der Waals surface area contributed by atoms with Crippen molar-refractivity contribution >= 4 is 28.1 Å². The molecule has 1 amide bonds. The molecule has 1 aliphatic carbocycles. The van der Waals surface area contributed by atoms with E-state index in [2.05, 4.69) is 20.3 Å². The largest absolute Gasteiger partial charge is 0.460 e. The van der Waals surface area contributed by atoms with Crippen molar-refractivity contribution in [2.45, 2.75) is 57.2 Å². The van der Waals surface area contributed by atoms with Crippen LogP contribution >= 0.6 is 11.3 Å². The van der Waals surface area contributed by atoms with E-state index in [0.717, 1.165) is 86.1 Å². The molecule has 2 aliphatic rings. The summed E-state index contributed by atoms with van der Waals surface area (Å²) in [5.41, 5.74) is 2.50. The lowest BCUT2D eigenvalue weighted by Crippen LogP contribution is -2.38. The number of fused-ring (bicyclic) bond motifs is 2. The van der Waals surface area contributed by atoms with Gasteiger partial charge in [0, 0.05) is 48.4 Å². The van der Waals surface area contributed by atoms with E-state index in [1.807, 2.05) is 25.2 Å². The Bertz CT molecular complexity index is 1210. The van der Waals surface area contributed by atoms with Gasteiger partial charge in [-0.05, 0) is 63.1 Å². The first-order valence-electron chi connectivity index (χ1n) is 12.9. The molecule has 11 heteroatoms. The third-order valence-corrected chi connectivity index (χ3v) is 8.55. The van der Waals surface area contributed by atoms with Crippen LogP contribution in [-0.4, -0.2) is 64.0 Å². The predicted molar refractivity (Wildman–Crippen MR) is 136 cm³/mol. The number of aromatic nitrogens is 3. The Balaban J connectivity index is 1.03. The van der Waals surface area contributed by atoms with Crippen molar-refractivity contribution in [3.05, 3.63) is 40.5 Å².